The Bertz CT molecular complexity index is 1580. The van der Waals surface area contributed by atoms with Crippen molar-refractivity contribution < 1.29 is 26.5 Å². The van der Waals surface area contributed by atoms with E-state index in [1.54, 1.807) is 24.3 Å². The zero-order valence-electron chi connectivity index (χ0n) is 18.0. The van der Waals surface area contributed by atoms with Gasteiger partial charge in [-0.3, -0.25) is 10.1 Å². The minimum absolute atomic E-state index is 0.0357. The lowest BCUT2D eigenvalue weighted by molar-refractivity contribution is -0.387. The van der Waals surface area contributed by atoms with Crippen molar-refractivity contribution in [3.8, 4) is 11.1 Å². The van der Waals surface area contributed by atoms with Gasteiger partial charge in [-0.05, 0) is 41.8 Å². The van der Waals surface area contributed by atoms with Crippen LogP contribution in [-0.4, -0.2) is 29.2 Å². The van der Waals surface area contributed by atoms with E-state index in [4.69, 9.17) is 0 Å². The van der Waals surface area contributed by atoms with Crippen molar-refractivity contribution >= 4 is 26.6 Å². The predicted octanol–water partition coefficient (Wildman–Crippen LogP) is 5.51. The van der Waals surface area contributed by atoms with Crippen molar-refractivity contribution in [3.63, 3.8) is 0 Å². The Labute approximate surface area is 198 Å². The van der Waals surface area contributed by atoms with Crippen LogP contribution in [0.1, 0.15) is 16.8 Å². The zero-order chi connectivity index (χ0) is 25.0. The highest BCUT2D eigenvalue weighted by atomic mass is 32.2. The number of nitrogens with one attached hydrogen (secondary N) is 1. The summed E-state index contributed by atoms with van der Waals surface area (Å²) in [6, 6.07) is 15.6. The summed E-state index contributed by atoms with van der Waals surface area (Å²) >= 11 is 0. The number of para-hydroxylation sites is 1. The molecule has 0 fully saturated rings. The minimum Gasteiger partial charge on any atom is -0.357 e. The zero-order valence-corrected chi connectivity index (χ0v) is 18.9. The molecule has 1 N–H and O–H groups in total. The number of hydrogen-bond donors (Lipinski definition) is 1. The van der Waals surface area contributed by atoms with Gasteiger partial charge in [0.25, 0.3) is 5.69 Å². The summed E-state index contributed by atoms with van der Waals surface area (Å²) < 4.78 is 68.6. The molecule has 2 heterocycles. The number of alkyl halides is 3. The molecule has 35 heavy (non-hydrogen) atoms. The molecule has 7 nitrogen and oxygen atoms in total. The standard InChI is InChI=1S/C24H18F3N3O4S/c25-24(26,27)16-9-10-19-18(13-16)23-17-6-2-1-5-15(17)11-12-29(14-20(23)28-19)35(33,34)22-8-4-3-7-21(22)30(31)32/h1-10,13,28H,11-12,14H2. The molecule has 0 saturated carbocycles. The first-order chi connectivity index (χ1) is 16.6. The van der Waals surface area contributed by atoms with E-state index in [1.807, 2.05) is 0 Å². The summed E-state index contributed by atoms with van der Waals surface area (Å²) in [6.45, 7) is -0.151. The van der Waals surface area contributed by atoms with Crippen LogP contribution in [-0.2, 0) is 29.2 Å². The maximum absolute atomic E-state index is 13.6. The van der Waals surface area contributed by atoms with Gasteiger partial charge in [0, 0.05) is 34.8 Å². The van der Waals surface area contributed by atoms with E-state index >= 15 is 0 Å². The Morgan fingerprint density at radius 1 is 1.00 bits per heavy atom. The smallest absolute Gasteiger partial charge is 0.357 e. The minimum atomic E-state index is -4.54. The quantitative estimate of drug-likeness (QED) is 0.296. The summed E-state index contributed by atoms with van der Waals surface area (Å²) in [5.74, 6) is 0. The number of rotatable bonds is 3. The molecule has 0 unspecified atom stereocenters. The molecule has 0 aliphatic carbocycles. The number of fused-ring (bicyclic) bond motifs is 5. The third-order valence-electron chi connectivity index (χ3n) is 6.14. The molecular weight excluding hydrogens is 483 g/mol. The molecule has 1 aliphatic heterocycles. The molecule has 11 heteroatoms. The SMILES string of the molecule is O=[N+]([O-])c1ccccc1S(=O)(=O)N1CCc2ccccc2-c2c([nH]c3ccc(C(F)(F)F)cc23)C1. The highest BCUT2D eigenvalue weighted by molar-refractivity contribution is 7.89. The molecule has 1 aliphatic rings. The first-order valence-electron chi connectivity index (χ1n) is 10.6. The van der Waals surface area contributed by atoms with Gasteiger partial charge in [0.1, 0.15) is 0 Å². The van der Waals surface area contributed by atoms with Gasteiger partial charge >= 0.3 is 6.18 Å². The van der Waals surface area contributed by atoms with Crippen molar-refractivity contribution in [3.05, 3.63) is 93.7 Å². The monoisotopic (exact) mass is 501 g/mol. The number of nitro benzene ring substituents is 1. The van der Waals surface area contributed by atoms with Crippen molar-refractivity contribution in [2.75, 3.05) is 6.54 Å². The molecule has 0 saturated heterocycles. The van der Waals surface area contributed by atoms with E-state index in [2.05, 4.69) is 4.98 Å². The fraction of sp³-hybridized carbons (Fsp3) is 0.167. The largest absolute Gasteiger partial charge is 0.416 e. The lowest BCUT2D eigenvalue weighted by Crippen LogP contribution is -2.34. The van der Waals surface area contributed by atoms with Gasteiger partial charge in [0.15, 0.2) is 4.90 Å². The van der Waals surface area contributed by atoms with Crippen LogP contribution in [0.25, 0.3) is 22.0 Å². The van der Waals surface area contributed by atoms with Gasteiger partial charge < -0.3 is 4.98 Å². The normalized spacial score (nSPS) is 14.7. The summed E-state index contributed by atoms with van der Waals surface area (Å²) in [4.78, 5) is 13.4. The number of nitro groups is 1. The Balaban J connectivity index is 1.71. The number of aromatic nitrogens is 1. The number of nitrogens with zero attached hydrogens (tertiary/aromatic N) is 2. The number of aromatic amines is 1. The van der Waals surface area contributed by atoms with Crippen LogP contribution in [0.3, 0.4) is 0 Å². The van der Waals surface area contributed by atoms with Gasteiger partial charge in [-0.1, -0.05) is 36.4 Å². The molecule has 3 aromatic carbocycles. The fourth-order valence-corrected chi connectivity index (χ4v) is 6.07. The van der Waals surface area contributed by atoms with Crippen LogP contribution in [0.4, 0.5) is 18.9 Å². The first kappa shape index (κ1) is 23.1. The van der Waals surface area contributed by atoms with Crippen LogP contribution in [0.2, 0.25) is 0 Å². The third kappa shape index (κ3) is 3.96. The molecule has 1 aromatic heterocycles. The van der Waals surface area contributed by atoms with E-state index in [0.29, 0.717) is 22.2 Å². The number of hydrogen-bond acceptors (Lipinski definition) is 4. The van der Waals surface area contributed by atoms with Gasteiger partial charge in [-0.15, -0.1) is 0 Å². The summed E-state index contributed by atoms with van der Waals surface area (Å²) in [5, 5.41) is 11.8. The second kappa shape index (κ2) is 8.21. The number of H-pyrrole nitrogens is 1. The summed E-state index contributed by atoms with van der Waals surface area (Å²) in [7, 11) is -4.30. The van der Waals surface area contributed by atoms with Crippen molar-refractivity contribution in [2.45, 2.75) is 24.0 Å². The van der Waals surface area contributed by atoms with Gasteiger partial charge in [0.2, 0.25) is 10.0 Å². The molecule has 180 valence electrons. The van der Waals surface area contributed by atoms with Crippen LogP contribution in [0, 0.1) is 10.1 Å². The molecule has 0 bridgehead atoms. The van der Waals surface area contributed by atoms with E-state index in [-0.39, 0.29) is 19.5 Å². The van der Waals surface area contributed by atoms with Crippen LogP contribution in [0.5, 0.6) is 0 Å². The average Bonchev–Trinajstić information content (AvgIpc) is 3.16. The van der Waals surface area contributed by atoms with Gasteiger partial charge in [0.05, 0.1) is 17.0 Å². The molecule has 0 amide bonds. The summed E-state index contributed by atoms with van der Waals surface area (Å²) in [6.07, 6.45) is -4.26. The highest BCUT2D eigenvalue weighted by Gasteiger charge is 2.35. The lowest BCUT2D eigenvalue weighted by Gasteiger charge is -2.25. The maximum atomic E-state index is 13.6. The average molecular weight is 501 g/mol. The third-order valence-corrected chi connectivity index (χ3v) is 8.03. The Hall–Kier alpha value is -3.70. The Morgan fingerprint density at radius 2 is 1.71 bits per heavy atom. The predicted molar refractivity (Wildman–Crippen MR) is 123 cm³/mol. The van der Waals surface area contributed by atoms with Crippen molar-refractivity contribution in [2.24, 2.45) is 0 Å². The van der Waals surface area contributed by atoms with Crippen LogP contribution < -0.4 is 0 Å². The Kier molecular flexibility index (Phi) is 5.41. The van der Waals surface area contributed by atoms with Gasteiger partial charge in [-0.2, -0.15) is 17.5 Å². The maximum Gasteiger partial charge on any atom is 0.416 e. The molecule has 4 aromatic rings. The molecular formula is C24H18F3N3O4S. The van der Waals surface area contributed by atoms with E-state index in [1.165, 1.54) is 24.3 Å². The van der Waals surface area contributed by atoms with E-state index in [0.717, 1.165) is 33.6 Å². The lowest BCUT2D eigenvalue weighted by atomic mass is 9.93. The Morgan fingerprint density at radius 3 is 2.46 bits per heavy atom. The fourth-order valence-electron chi connectivity index (χ4n) is 4.50. The number of sulfonamides is 1. The molecule has 0 atom stereocenters. The van der Waals surface area contributed by atoms with Crippen LogP contribution >= 0.6 is 0 Å². The van der Waals surface area contributed by atoms with Crippen LogP contribution in [0.15, 0.2) is 71.6 Å². The second-order valence-corrected chi connectivity index (χ2v) is 10.1. The summed E-state index contributed by atoms with van der Waals surface area (Å²) in [5.41, 5.74) is 1.46. The topological polar surface area (TPSA) is 96.3 Å². The first-order valence-corrected chi connectivity index (χ1v) is 12.0. The molecule has 5 rings (SSSR count). The second-order valence-electron chi connectivity index (χ2n) is 8.21. The van der Waals surface area contributed by atoms with Crippen molar-refractivity contribution in [1.82, 2.24) is 9.29 Å². The molecule has 0 radical (unpaired) electrons. The van der Waals surface area contributed by atoms with Crippen molar-refractivity contribution in [1.29, 1.82) is 0 Å². The molecule has 0 spiro atoms. The number of halogens is 3. The number of benzene rings is 3. The highest BCUT2D eigenvalue weighted by Crippen LogP contribution is 2.40. The van der Waals surface area contributed by atoms with E-state index in [9.17, 15) is 31.7 Å². The van der Waals surface area contributed by atoms with E-state index < -0.39 is 37.3 Å². The van der Waals surface area contributed by atoms with Gasteiger partial charge in [-0.25, -0.2) is 8.42 Å².